The van der Waals surface area contributed by atoms with E-state index in [1.165, 1.54) is 18.2 Å². The van der Waals surface area contributed by atoms with E-state index in [1.807, 2.05) is 18.7 Å². The van der Waals surface area contributed by atoms with Crippen LogP contribution in [0.2, 0.25) is 0 Å². The van der Waals surface area contributed by atoms with Crippen molar-refractivity contribution in [3.8, 4) is 0 Å². The van der Waals surface area contributed by atoms with E-state index in [-0.39, 0.29) is 6.04 Å². The Morgan fingerprint density at radius 2 is 2.15 bits per heavy atom. The molecule has 0 fully saturated rings. The van der Waals surface area contributed by atoms with E-state index in [9.17, 15) is 9.18 Å². The third-order valence-corrected chi connectivity index (χ3v) is 2.81. The van der Waals surface area contributed by atoms with E-state index >= 15 is 0 Å². The fourth-order valence-corrected chi connectivity index (χ4v) is 1.90. The van der Waals surface area contributed by atoms with Crippen LogP contribution in [0.15, 0.2) is 24.3 Å². The molecule has 0 amide bonds. The van der Waals surface area contributed by atoms with Gasteiger partial charge in [-0.1, -0.05) is 0 Å². The smallest absolute Gasteiger partial charge is 0.328 e. The number of carboxylic acids is 1. The number of anilines is 1. The summed E-state index contributed by atoms with van der Waals surface area (Å²) >= 11 is 0. The molecule has 1 N–H and O–H groups in total. The number of nitrogens with zero attached hydrogens (tertiary/aromatic N) is 1. The van der Waals surface area contributed by atoms with Crippen molar-refractivity contribution in [2.24, 2.45) is 0 Å². The van der Waals surface area contributed by atoms with Crippen molar-refractivity contribution in [1.29, 1.82) is 0 Å². The minimum atomic E-state index is -1.06. The summed E-state index contributed by atoms with van der Waals surface area (Å²) in [7, 11) is 1.62. The van der Waals surface area contributed by atoms with Gasteiger partial charge in [-0.25, -0.2) is 9.18 Å². The molecule has 0 bridgehead atoms. The van der Waals surface area contributed by atoms with E-state index in [0.717, 1.165) is 6.08 Å². The Hall–Kier alpha value is -1.88. The summed E-state index contributed by atoms with van der Waals surface area (Å²) in [5, 5.41) is 8.62. The molecule has 0 aliphatic heterocycles. The summed E-state index contributed by atoms with van der Waals surface area (Å²) in [4.78, 5) is 12.5. The predicted octanol–water partition coefficient (Wildman–Crippen LogP) is 2.78. The van der Waals surface area contributed by atoms with Gasteiger partial charge in [-0.3, -0.25) is 0 Å². The highest BCUT2D eigenvalue weighted by molar-refractivity contribution is 5.85. The van der Waals surface area contributed by atoms with Gasteiger partial charge >= 0.3 is 5.97 Å². The molecule has 5 heteroatoms. The van der Waals surface area contributed by atoms with Crippen molar-refractivity contribution < 1.29 is 19.0 Å². The highest BCUT2D eigenvalue weighted by atomic mass is 19.1. The minimum Gasteiger partial charge on any atom is -0.478 e. The molecule has 0 unspecified atom stereocenters. The largest absolute Gasteiger partial charge is 0.478 e. The summed E-state index contributed by atoms with van der Waals surface area (Å²) in [5.74, 6) is -1.45. The monoisotopic (exact) mass is 281 g/mol. The van der Waals surface area contributed by atoms with Crippen LogP contribution in [-0.4, -0.2) is 37.4 Å². The lowest BCUT2D eigenvalue weighted by molar-refractivity contribution is -0.131. The third-order valence-electron chi connectivity index (χ3n) is 2.81. The number of hydrogen-bond donors (Lipinski definition) is 1. The molecular formula is C15H20FNO3. The number of hydrogen-bond acceptors (Lipinski definition) is 3. The first kappa shape index (κ1) is 16.2. The zero-order chi connectivity index (χ0) is 15.1. The number of ether oxygens (including phenoxy) is 1. The van der Waals surface area contributed by atoms with Crippen molar-refractivity contribution in [3.63, 3.8) is 0 Å². The maximum Gasteiger partial charge on any atom is 0.328 e. The van der Waals surface area contributed by atoms with Gasteiger partial charge in [0.2, 0.25) is 0 Å². The van der Waals surface area contributed by atoms with Crippen molar-refractivity contribution in [2.45, 2.75) is 19.9 Å². The van der Waals surface area contributed by atoms with Crippen LogP contribution in [0, 0.1) is 5.82 Å². The number of halogens is 1. The lowest BCUT2D eigenvalue weighted by Crippen LogP contribution is -2.33. The van der Waals surface area contributed by atoms with Crippen molar-refractivity contribution in [1.82, 2.24) is 0 Å². The van der Waals surface area contributed by atoms with E-state index in [4.69, 9.17) is 9.84 Å². The molecular weight excluding hydrogens is 261 g/mol. The Balaban J connectivity index is 3.05. The van der Waals surface area contributed by atoms with Crippen LogP contribution in [-0.2, 0) is 9.53 Å². The van der Waals surface area contributed by atoms with Gasteiger partial charge in [-0.05, 0) is 43.7 Å². The first-order chi connectivity index (χ1) is 9.43. The summed E-state index contributed by atoms with van der Waals surface area (Å²) < 4.78 is 18.7. The minimum absolute atomic E-state index is 0.184. The molecule has 0 aromatic heterocycles. The maximum absolute atomic E-state index is 13.7. The molecule has 0 saturated heterocycles. The molecule has 4 nitrogen and oxygen atoms in total. The van der Waals surface area contributed by atoms with Gasteiger partial charge in [-0.15, -0.1) is 0 Å². The molecule has 0 aliphatic carbocycles. The van der Waals surface area contributed by atoms with Gasteiger partial charge in [0.05, 0.1) is 6.61 Å². The zero-order valence-electron chi connectivity index (χ0n) is 12.0. The second-order valence-electron chi connectivity index (χ2n) is 4.69. The van der Waals surface area contributed by atoms with Gasteiger partial charge < -0.3 is 14.7 Å². The van der Waals surface area contributed by atoms with Crippen LogP contribution >= 0.6 is 0 Å². The highest BCUT2D eigenvalue weighted by Gasteiger charge is 2.12. The zero-order valence-corrected chi connectivity index (χ0v) is 12.0. The van der Waals surface area contributed by atoms with Crippen molar-refractivity contribution >= 4 is 17.7 Å². The maximum atomic E-state index is 13.7. The van der Waals surface area contributed by atoms with Crippen LogP contribution in [0.3, 0.4) is 0 Å². The molecule has 1 aromatic rings. The lowest BCUT2D eigenvalue weighted by Gasteiger charge is -2.29. The van der Waals surface area contributed by atoms with Crippen LogP contribution in [0.1, 0.15) is 19.4 Å². The molecule has 1 aromatic carbocycles. The Morgan fingerprint density at radius 3 is 2.70 bits per heavy atom. The number of carboxylic acid groups (broad SMARTS) is 1. The SMILES string of the molecule is COCCN(c1cc(F)cc(/C=C/C(=O)O)c1)C(C)C. The van der Waals surface area contributed by atoms with Gasteiger partial charge in [0.15, 0.2) is 0 Å². The highest BCUT2D eigenvalue weighted by Crippen LogP contribution is 2.21. The topological polar surface area (TPSA) is 49.8 Å². The molecule has 0 aliphatic rings. The number of rotatable bonds is 7. The standard InChI is InChI=1S/C15H20FNO3/c1-11(2)17(6-7-20-3)14-9-12(4-5-15(18)19)8-13(16)10-14/h4-5,8-11H,6-7H2,1-3H3,(H,18,19)/b5-4+. The summed E-state index contributed by atoms with van der Waals surface area (Å²) in [6, 6.07) is 4.69. The normalized spacial score (nSPS) is 11.2. The number of methoxy groups -OCH3 is 1. The van der Waals surface area contributed by atoms with E-state index in [0.29, 0.717) is 24.4 Å². The van der Waals surface area contributed by atoms with Crippen LogP contribution in [0.25, 0.3) is 6.08 Å². The second kappa shape index (κ2) is 7.65. The Kier molecular flexibility index (Phi) is 6.18. The Bertz CT molecular complexity index is 486. The average Bonchev–Trinajstić information content (AvgIpc) is 2.36. The van der Waals surface area contributed by atoms with Gasteiger partial charge in [0, 0.05) is 31.5 Å². The predicted molar refractivity (Wildman–Crippen MR) is 77.4 cm³/mol. The Labute approximate surface area is 118 Å². The second-order valence-corrected chi connectivity index (χ2v) is 4.69. The van der Waals surface area contributed by atoms with Crippen LogP contribution in [0.5, 0.6) is 0 Å². The first-order valence-electron chi connectivity index (χ1n) is 6.41. The number of carbonyl (C=O) groups is 1. The fourth-order valence-electron chi connectivity index (χ4n) is 1.90. The molecule has 20 heavy (non-hydrogen) atoms. The summed E-state index contributed by atoms with van der Waals surface area (Å²) in [6.07, 6.45) is 2.37. The summed E-state index contributed by atoms with van der Waals surface area (Å²) in [5.41, 5.74) is 1.23. The molecule has 1 rings (SSSR count). The first-order valence-corrected chi connectivity index (χ1v) is 6.41. The van der Waals surface area contributed by atoms with Crippen molar-refractivity contribution in [2.75, 3.05) is 25.2 Å². The lowest BCUT2D eigenvalue weighted by atomic mass is 10.1. The number of aliphatic carboxylic acids is 1. The van der Waals surface area contributed by atoms with Crippen LogP contribution in [0.4, 0.5) is 10.1 Å². The van der Waals surface area contributed by atoms with E-state index in [2.05, 4.69) is 0 Å². The van der Waals surface area contributed by atoms with Gasteiger partial charge in [0.1, 0.15) is 5.82 Å². The quantitative estimate of drug-likeness (QED) is 0.781. The van der Waals surface area contributed by atoms with Gasteiger partial charge in [0.25, 0.3) is 0 Å². The van der Waals surface area contributed by atoms with Crippen molar-refractivity contribution in [3.05, 3.63) is 35.7 Å². The Morgan fingerprint density at radius 1 is 1.45 bits per heavy atom. The molecule has 0 radical (unpaired) electrons. The third kappa shape index (κ3) is 5.01. The molecule has 0 saturated carbocycles. The molecule has 0 heterocycles. The molecule has 0 atom stereocenters. The molecule has 110 valence electrons. The van der Waals surface area contributed by atoms with E-state index in [1.54, 1.807) is 13.2 Å². The summed E-state index contributed by atoms with van der Waals surface area (Å²) in [6.45, 7) is 5.19. The van der Waals surface area contributed by atoms with Gasteiger partial charge in [-0.2, -0.15) is 0 Å². The average molecular weight is 281 g/mol. The van der Waals surface area contributed by atoms with Crippen LogP contribution < -0.4 is 4.90 Å². The number of benzene rings is 1. The molecule has 0 spiro atoms. The van der Waals surface area contributed by atoms with E-state index < -0.39 is 11.8 Å². The fraction of sp³-hybridized carbons (Fsp3) is 0.400.